The third-order valence-electron chi connectivity index (χ3n) is 4.16. The number of carbonyl (C=O) groups excluding carboxylic acids is 1. The second kappa shape index (κ2) is 8.30. The fourth-order valence-corrected chi connectivity index (χ4v) is 2.76. The van der Waals surface area contributed by atoms with Gasteiger partial charge in [0.2, 0.25) is 5.91 Å². The molecule has 122 valence electrons. The van der Waals surface area contributed by atoms with E-state index in [1.165, 1.54) is 11.1 Å². The quantitative estimate of drug-likeness (QED) is 0.841. The monoisotopic (exact) mass is 304 g/mol. The fraction of sp³-hybridized carbons (Fsp3) is 0.611. The Morgan fingerprint density at radius 1 is 1.27 bits per heavy atom. The minimum Gasteiger partial charge on any atom is -0.378 e. The standard InChI is InChI=1S/C18H28N2O2/c1-14(2)22-11-9-18(21)19-12-15(3)20-10-8-16-6-4-5-7-17(16)13-20/h4-7,14-15H,8-13H2,1-3H3,(H,19,21)/t15-/m1/s1. The molecule has 0 saturated heterocycles. The summed E-state index contributed by atoms with van der Waals surface area (Å²) in [7, 11) is 0. The number of fused-ring (bicyclic) bond motifs is 1. The number of benzene rings is 1. The summed E-state index contributed by atoms with van der Waals surface area (Å²) in [6, 6.07) is 8.98. The Hall–Kier alpha value is -1.39. The van der Waals surface area contributed by atoms with Crippen LogP contribution in [-0.4, -0.2) is 42.6 Å². The van der Waals surface area contributed by atoms with Gasteiger partial charge in [-0.2, -0.15) is 0 Å². The summed E-state index contributed by atoms with van der Waals surface area (Å²) < 4.78 is 5.40. The van der Waals surface area contributed by atoms with Crippen LogP contribution in [0.15, 0.2) is 24.3 Å². The Balaban J connectivity index is 1.72. The minimum atomic E-state index is 0.0740. The number of carbonyl (C=O) groups is 1. The maximum atomic E-state index is 11.8. The van der Waals surface area contributed by atoms with E-state index < -0.39 is 0 Å². The number of nitrogens with one attached hydrogen (secondary N) is 1. The number of amides is 1. The van der Waals surface area contributed by atoms with E-state index in [-0.39, 0.29) is 12.0 Å². The molecule has 1 aromatic rings. The van der Waals surface area contributed by atoms with Gasteiger partial charge in [-0.05, 0) is 38.3 Å². The van der Waals surface area contributed by atoms with Gasteiger partial charge in [-0.25, -0.2) is 0 Å². The van der Waals surface area contributed by atoms with Crippen molar-refractivity contribution in [3.8, 4) is 0 Å². The molecule has 0 unspecified atom stereocenters. The Bertz CT molecular complexity index is 488. The third-order valence-corrected chi connectivity index (χ3v) is 4.16. The molecule has 2 rings (SSSR count). The van der Waals surface area contributed by atoms with E-state index in [9.17, 15) is 4.79 Å². The molecule has 0 aromatic heterocycles. The van der Waals surface area contributed by atoms with Crippen molar-refractivity contribution in [2.45, 2.75) is 52.3 Å². The van der Waals surface area contributed by atoms with Crippen LogP contribution in [0, 0.1) is 0 Å². The molecule has 1 heterocycles. The van der Waals surface area contributed by atoms with Gasteiger partial charge in [0, 0.05) is 32.1 Å². The van der Waals surface area contributed by atoms with Crippen molar-refractivity contribution in [1.29, 1.82) is 0 Å². The summed E-state index contributed by atoms with van der Waals surface area (Å²) >= 11 is 0. The van der Waals surface area contributed by atoms with Gasteiger partial charge >= 0.3 is 0 Å². The van der Waals surface area contributed by atoms with E-state index in [0.29, 0.717) is 25.6 Å². The molecule has 0 spiro atoms. The molecule has 1 N–H and O–H groups in total. The number of hydrogen-bond donors (Lipinski definition) is 1. The summed E-state index contributed by atoms with van der Waals surface area (Å²) in [5, 5.41) is 3.02. The predicted octanol–water partition coefficient (Wildman–Crippen LogP) is 2.36. The molecule has 4 heteroatoms. The molecule has 0 radical (unpaired) electrons. The van der Waals surface area contributed by atoms with Crippen molar-refractivity contribution in [2.75, 3.05) is 19.7 Å². The highest BCUT2D eigenvalue weighted by Crippen LogP contribution is 2.19. The summed E-state index contributed by atoms with van der Waals surface area (Å²) in [5.74, 6) is 0.0740. The number of ether oxygens (including phenoxy) is 1. The van der Waals surface area contributed by atoms with Gasteiger partial charge < -0.3 is 10.1 Å². The van der Waals surface area contributed by atoms with Crippen LogP contribution in [0.2, 0.25) is 0 Å². The van der Waals surface area contributed by atoms with E-state index in [0.717, 1.165) is 19.5 Å². The van der Waals surface area contributed by atoms with Crippen LogP contribution in [0.5, 0.6) is 0 Å². The van der Waals surface area contributed by atoms with Crippen LogP contribution in [0.3, 0.4) is 0 Å². The predicted molar refractivity (Wildman–Crippen MR) is 88.7 cm³/mol. The van der Waals surface area contributed by atoms with Crippen molar-refractivity contribution in [3.63, 3.8) is 0 Å². The lowest BCUT2D eigenvalue weighted by molar-refractivity contribution is -0.122. The number of nitrogens with zero attached hydrogens (tertiary/aromatic N) is 1. The first-order chi connectivity index (χ1) is 10.6. The highest BCUT2D eigenvalue weighted by Gasteiger charge is 2.20. The van der Waals surface area contributed by atoms with Gasteiger partial charge in [0.1, 0.15) is 0 Å². The van der Waals surface area contributed by atoms with Gasteiger partial charge in [0.05, 0.1) is 12.7 Å². The van der Waals surface area contributed by atoms with Gasteiger partial charge in [-0.15, -0.1) is 0 Å². The van der Waals surface area contributed by atoms with Gasteiger partial charge in [-0.3, -0.25) is 9.69 Å². The van der Waals surface area contributed by atoms with Crippen molar-refractivity contribution < 1.29 is 9.53 Å². The highest BCUT2D eigenvalue weighted by atomic mass is 16.5. The fourth-order valence-electron chi connectivity index (χ4n) is 2.76. The average molecular weight is 304 g/mol. The first-order valence-corrected chi connectivity index (χ1v) is 8.25. The van der Waals surface area contributed by atoms with E-state index in [1.54, 1.807) is 0 Å². The van der Waals surface area contributed by atoms with E-state index in [4.69, 9.17) is 4.74 Å². The molecule has 1 atom stereocenters. The number of hydrogen-bond acceptors (Lipinski definition) is 3. The minimum absolute atomic E-state index is 0.0740. The molecule has 0 fully saturated rings. The lowest BCUT2D eigenvalue weighted by Crippen LogP contribution is -2.44. The Morgan fingerprint density at radius 2 is 2.00 bits per heavy atom. The van der Waals surface area contributed by atoms with Crippen LogP contribution < -0.4 is 5.32 Å². The summed E-state index contributed by atoms with van der Waals surface area (Å²) in [6.07, 6.45) is 1.71. The van der Waals surface area contributed by atoms with Crippen LogP contribution in [0.25, 0.3) is 0 Å². The molecular weight excluding hydrogens is 276 g/mol. The zero-order valence-electron chi connectivity index (χ0n) is 14.0. The summed E-state index contributed by atoms with van der Waals surface area (Å²) in [5.41, 5.74) is 2.87. The second-order valence-electron chi connectivity index (χ2n) is 6.31. The molecule has 4 nitrogen and oxygen atoms in total. The highest BCUT2D eigenvalue weighted by molar-refractivity contribution is 5.75. The smallest absolute Gasteiger partial charge is 0.222 e. The molecule has 1 aromatic carbocycles. The summed E-state index contributed by atoms with van der Waals surface area (Å²) in [4.78, 5) is 14.2. The molecule has 1 aliphatic heterocycles. The lowest BCUT2D eigenvalue weighted by Gasteiger charge is -2.33. The SMILES string of the molecule is CC(C)OCCC(=O)NC[C@@H](C)N1CCc2ccccc2C1. The lowest BCUT2D eigenvalue weighted by atomic mass is 9.99. The van der Waals surface area contributed by atoms with Gasteiger partial charge in [-0.1, -0.05) is 24.3 Å². The Morgan fingerprint density at radius 3 is 2.73 bits per heavy atom. The zero-order valence-corrected chi connectivity index (χ0v) is 14.0. The topological polar surface area (TPSA) is 41.6 Å². The Kier molecular flexibility index (Phi) is 6.40. The van der Waals surface area contributed by atoms with E-state index in [2.05, 4.69) is 41.4 Å². The maximum Gasteiger partial charge on any atom is 0.222 e. The first kappa shape index (κ1) is 17.0. The molecule has 1 aliphatic rings. The van der Waals surface area contributed by atoms with Gasteiger partial charge in [0.15, 0.2) is 0 Å². The van der Waals surface area contributed by atoms with Crippen molar-refractivity contribution in [2.24, 2.45) is 0 Å². The molecule has 0 saturated carbocycles. The van der Waals surface area contributed by atoms with E-state index in [1.807, 2.05) is 13.8 Å². The summed E-state index contributed by atoms with van der Waals surface area (Å²) in [6.45, 7) is 9.37. The Labute approximate surface area is 133 Å². The zero-order chi connectivity index (χ0) is 15.9. The third kappa shape index (κ3) is 5.11. The largest absolute Gasteiger partial charge is 0.378 e. The average Bonchev–Trinajstić information content (AvgIpc) is 2.51. The van der Waals surface area contributed by atoms with Crippen LogP contribution in [0.4, 0.5) is 0 Å². The van der Waals surface area contributed by atoms with E-state index >= 15 is 0 Å². The molecular formula is C18H28N2O2. The van der Waals surface area contributed by atoms with Crippen LogP contribution in [-0.2, 0) is 22.5 Å². The van der Waals surface area contributed by atoms with Gasteiger partial charge in [0.25, 0.3) is 0 Å². The molecule has 0 bridgehead atoms. The first-order valence-electron chi connectivity index (χ1n) is 8.25. The normalized spacial score (nSPS) is 16.4. The van der Waals surface area contributed by atoms with Crippen molar-refractivity contribution >= 4 is 5.91 Å². The van der Waals surface area contributed by atoms with Crippen LogP contribution >= 0.6 is 0 Å². The molecule has 1 amide bonds. The van der Waals surface area contributed by atoms with Crippen LogP contribution in [0.1, 0.15) is 38.3 Å². The second-order valence-corrected chi connectivity index (χ2v) is 6.31. The number of rotatable bonds is 7. The molecule has 0 aliphatic carbocycles. The van der Waals surface area contributed by atoms with Crippen molar-refractivity contribution in [1.82, 2.24) is 10.2 Å². The van der Waals surface area contributed by atoms with Crippen molar-refractivity contribution in [3.05, 3.63) is 35.4 Å². The maximum absolute atomic E-state index is 11.8. The molecule has 22 heavy (non-hydrogen) atoms.